The Bertz CT molecular complexity index is 604. The van der Waals surface area contributed by atoms with Crippen LogP contribution in [0, 0.1) is 5.92 Å². The molecule has 20 heavy (non-hydrogen) atoms. The topological polar surface area (TPSA) is 63.6 Å². The summed E-state index contributed by atoms with van der Waals surface area (Å²) in [6.45, 7) is 3.09. The van der Waals surface area contributed by atoms with E-state index in [1.807, 2.05) is 30.3 Å². The molecule has 3 aliphatic rings. The van der Waals surface area contributed by atoms with E-state index in [0.717, 1.165) is 5.56 Å². The maximum Gasteiger partial charge on any atom is 0.343 e. The lowest BCUT2D eigenvalue weighted by Crippen LogP contribution is -2.62. The number of carbonyl (C=O) groups is 2. The summed E-state index contributed by atoms with van der Waals surface area (Å²) < 4.78 is 5.29. The van der Waals surface area contributed by atoms with Crippen molar-refractivity contribution in [3.05, 3.63) is 47.5 Å². The van der Waals surface area contributed by atoms with Crippen LogP contribution in [-0.4, -0.2) is 28.6 Å². The highest BCUT2D eigenvalue weighted by molar-refractivity contribution is 5.95. The van der Waals surface area contributed by atoms with Crippen LogP contribution in [0.25, 0.3) is 0 Å². The number of fused-ring (bicyclic) bond motifs is 2. The molecule has 1 aromatic carbocycles. The number of hydrogen-bond donors (Lipinski definition) is 1. The molecule has 1 fully saturated rings. The van der Waals surface area contributed by atoms with Crippen molar-refractivity contribution in [3.63, 3.8) is 0 Å². The van der Waals surface area contributed by atoms with Gasteiger partial charge in [0.05, 0.1) is 5.92 Å². The third kappa shape index (κ3) is 1.58. The Labute approximate surface area is 117 Å². The van der Waals surface area contributed by atoms with Gasteiger partial charge >= 0.3 is 5.97 Å². The van der Waals surface area contributed by atoms with Gasteiger partial charge < -0.3 is 9.84 Å². The number of ketones is 1. The number of benzene rings is 1. The molecule has 0 radical (unpaired) electrons. The summed E-state index contributed by atoms with van der Waals surface area (Å²) in [4.78, 5) is 24.1. The Morgan fingerprint density at radius 2 is 1.95 bits per heavy atom. The molecule has 4 unspecified atom stereocenters. The average molecular weight is 272 g/mol. The predicted molar refractivity (Wildman–Crippen MR) is 71.9 cm³/mol. The fourth-order valence-corrected chi connectivity index (χ4v) is 3.39. The number of rotatable bonds is 2. The van der Waals surface area contributed by atoms with E-state index in [2.05, 4.69) is 0 Å². The second-order valence-electron chi connectivity index (χ2n) is 5.51. The molecule has 4 nitrogen and oxygen atoms in total. The molecule has 1 aliphatic carbocycles. The van der Waals surface area contributed by atoms with Crippen LogP contribution >= 0.6 is 0 Å². The van der Waals surface area contributed by atoms with Crippen molar-refractivity contribution in [2.24, 2.45) is 5.92 Å². The van der Waals surface area contributed by atoms with E-state index < -0.39 is 23.6 Å². The molecule has 4 atom stereocenters. The summed E-state index contributed by atoms with van der Waals surface area (Å²) in [5.41, 5.74) is -0.431. The van der Waals surface area contributed by atoms with E-state index in [9.17, 15) is 14.7 Å². The van der Waals surface area contributed by atoms with Crippen molar-refractivity contribution in [1.29, 1.82) is 0 Å². The van der Waals surface area contributed by atoms with Crippen molar-refractivity contribution in [2.75, 3.05) is 0 Å². The minimum absolute atomic E-state index is 0.199. The molecule has 2 aliphatic heterocycles. The maximum atomic E-state index is 12.1. The Balaban J connectivity index is 2.17. The van der Waals surface area contributed by atoms with Gasteiger partial charge in [0.2, 0.25) is 0 Å². The number of aliphatic hydroxyl groups is 1. The molecule has 2 heterocycles. The minimum Gasteiger partial charge on any atom is -0.455 e. The standard InChI is InChI=1S/C16H16O4/c1-9-8-12-13(11-6-4-3-5-7-11)14(10(2)17)16(9,19)15(18)20-12/h3-8,12-14,19H,1-2H3. The highest BCUT2D eigenvalue weighted by Crippen LogP contribution is 2.49. The Hall–Kier alpha value is -1.94. The van der Waals surface area contributed by atoms with Gasteiger partial charge in [0.15, 0.2) is 5.60 Å². The van der Waals surface area contributed by atoms with Crippen LogP contribution in [0.5, 0.6) is 0 Å². The molecule has 0 saturated carbocycles. The summed E-state index contributed by atoms with van der Waals surface area (Å²) >= 11 is 0. The van der Waals surface area contributed by atoms with Gasteiger partial charge in [-0.3, -0.25) is 4.79 Å². The van der Waals surface area contributed by atoms with Crippen molar-refractivity contribution >= 4 is 11.8 Å². The van der Waals surface area contributed by atoms with Gasteiger partial charge in [0.1, 0.15) is 11.9 Å². The van der Waals surface area contributed by atoms with Crippen LogP contribution in [0.2, 0.25) is 0 Å². The number of hydrogen-bond acceptors (Lipinski definition) is 4. The lowest BCUT2D eigenvalue weighted by molar-refractivity contribution is -0.192. The molecule has 1 saturated heterocycles. The van der Waals surface area contributed by atoms with Gasteiger partial charge in [-0.1, -0.05) is 30.3 Å². The van der Waals surface area contributed by atoms with Crippen molar-refractivity contribution in [2.45, 2.75) is 31.5 Å². The first-order valence-corrected chi connectivity index (χ1v) is 6.64. The molecule has 0 amide bonds. The van der Waals surface area contributed by atoms with Crippen LogP contribution in [0.15, 0.2) is 42.0 Å². The third-order valence-electron chi connectivity index (χ3n) is 4.36. The summed E-state index contributed by atoms with van der Waals surface area (Å²) in [7, 11) is 0. The van der Waals surface area contributed by atoms with E-state index in [-0.39, 0.29) is 11.7 Å². The highest BCUT2D eigenvalue weighted by atomic mass is 16.6. The zero-order chi connectivity index (χ0) is 14.5. The first-order chi connectivity index (χ1) is 9.46. The molecular formula is C16H16O4. The largest absolute Gasteiger partial charge is 0.455 e. The summed E-state index contributed by atoms with van der Waals surface area (Å²) in [5.74, 6) is -2.04. The smallest absolute Gasteiger partial charge is 0.343 e. The van der Waals surface area contributed by atoms with Crippen molar-refractivity contribution in [1.82, 2.24) is 0 Å². The fraction of sp³-hybridized carbons (Fsp3) is 0.375. The van der Waals surface area contributed by atoms with Gasteiger partial charge in [0.25, 0.3) is 0 Å². The molecule has 0 spiro atoms. The number of esters is 1. The quantitative estimate of drug-likeness (QED) is 0.656. The lowest BCUT2D eigenvalue weighted by Gasteiger charge is -2.49. The van der Waals surface area contributed by atoms with Crippen LogP contribution in [0.1, 0.15) is 25.3 Å². The summed E-state index contributed by atoms with van der Waals surface area (Å²) in [6.07, 6.45) is 1.26. The normalized spacial score (nSPS) is 35.5. The zero-order valence-electron chi connectivity index (χ0n) is 11.4. The second kappa shape index (κ2) is 4.28. The van der Waals surface area contributed by atoms with Crippen molar-refractivity contribution in [3.8, 4) is 0 Å². The monoisotopic (exact) mass is 272 g/mol. The van der Waals surface area contributed by atoms with Gasteiger partial charge in [-0.2, -0.15) is 0 Å². The zero-order valence-corrected chi connectivity index (χ0v) is 11.4. The molecule has 2 bridgehead atoms. The van der Waals surface area contributed by atoms with E-state index >= 15 is 0 Å². The van der Waals surface area contributed by atoms with Gasteiger partial charge in [-0.05, 0) is 31.1 Å². The maximum absolute atomic E-state index is 12.1. The van der Waals surface area contributed by atoms with Crippen molar-refractivity contribution < 1.29 is 19.4 Å². The molecule has 0 aromatic heterocycles. The Kier molecular flexibility index (Phi) is 2.80. The van der Waals surface area contributed by atoms with E-state index in [4.69, 9.17) is 4.74 Å². The van der Waals surface area contributed by atoms with E-state index in [1.165, 1.54) is 6.92 Å². The van der Waals surface area contributed by atoms with Gasteiger partial charge in [0, 0.05) is 5.92 Å². The average Bonchev–Trinajstić information content (AvgIpc) is 2.41. The second-order valence-corrected chi connectivity index (χ2v) is 5.51. The first kappa shape index (κ1) is 13.1. The summed E-state index contributed by atoms with van der Waals surface area (Å²) in [5, 5.41) is 10.8. The lowest BCUT2D eigenvalue weighted by atomic mass is 9.62. The number of Topliss-reactive ketones (excluding diaryl/α,β-unsaturated/α-hetero) is 1. The first-order valence-electron chi connectivity index (χ1n) is 6.64. The third-order valence-corrected chi connectivity index (χ3v) is 4.36. The highest BCUT2D eigenvalue weighted by Gasteiger charge is 2.62. The Morgan fingerprint density at radius 3 is 2.50 bits per heavy atom. The molecule has 4 heteroatoms. The number of carbonyl (C=O) groups excluding carboxylic acids is 2. The van der Waals surface area contributed by atoms with Crippen LogP contribution in [0.3, 0.4) is 0 Å². The summed E-state index contributed by atoms with van der Waals surface area (Å²) in [6, 6.07) is 9.41. The molecule has 1 aromatic rings. The molecule has 1 N–H and O–H groups in total. The minimum atomic E-state index is -1.83. The van der Waals surface area contributed by atoms with E-state index in [1.54, 1.807) is 13.0 Å². The van der Waals surface area contributed by atoms with E-state index in [0.29, 0.717) is 5.57 Å². The van der Waals surface area contributed by atoms with Crippen LogP contribution in [-0.2, 0) is 14.3 Å². The Morgan fingerprint density at radius 1 is 1.30 bits per heavy atom. The van der Waals surface area contributed by atoms with Gasteiger partial charge in [-0.25, -0.2) is 4.79 Å². The molecule has 4 rings (SSSR count). The molecule has 104 valence electrons. The van der Waals surface area contributed by atoms with Gasteiger partial charge in [-0.15, -0.1) is 0 Å². The fourth-order valence-electron chi connectivity index (χ4n) is 3.39. The number of ether oxygens (including phenoxy) is 1. The van der Waals surface area contributed by atoms with Crippen LogP contribution < -0.4 is 0 Å². The van der Waals surface area contributed by atoms with Crippen LogP contribution in [0.4, 0.5) is 0 Å². The predicted octanol–water partition coefficient (Wildman–Crippen LogP) is 1.59. The SMILES string of the molecule is CC(=O)C1C(c2ccccc2)C2C=C(C)C1(O)C(=O)O2. The molecular weight excluding hydrogens is 256 g/mol.